The second-order valence-corrected chi connectivity index (χ2v) is 3.85. The highest BCUT2D eigenvalue weighted by atomic mass is 32.1. The maximum absolute atomic E-state index is 13.4. The lowest BCUT2D eigenvalue weighted by Gasteiger charge is -2.03. The fraction of sp³-hybridized carbons (Fsp3) is 0.182. The number of aromatic amines is 1. The second kappa shape index (κ2) is 3.98. The number of benzene rings is 1. The maximum atomic E-state index is 13.4. The molecule has 0 bridgehead atoms. The van der Waals surface area contributed by atoms with E-state index >= 15 is 0 Å². The summed E-state index contributed by atoms with van der Waals surface area (Å²) < 4.78 is 15.8. The van der Waals surface area contributed by atoms with E-state index in [-0.39, 0.29) is 5.82 Å². The summed E-state index contributed by atoms with van der Waals surface area (Å²) in [5.41, 5.74) is 1.63. The molecule has 0 aliphatic carbocycles. The molecule has 1 N–H and O–H groups in total. The average Bonchev–Trinajstić information content (AvgIpc) is 2.49. The van der Waals surface area contributed by atoms with Gasteiger partial charge >= 0.3 is 0 Å². The summed E-state index contributed by atoms with van der Waals surface area (Å²) in [6.45, 7) is 2.39. The minimum Gasteiger partial charge on any atom is -0.335 e. The summed E-state index contributed by atoms with van der Waals surface area (Å²) >= 11 is 5.10. The molecule has 1 aromatic heterocycles. The third-order valence-corrected chi connectivity index (χ3v) is 2.55. The molecule has 0 unspecified atom stereocenters. The summed E-state index contributed by atoms with van der Waals surface area (Å²) in [5.74, 6) is -0.196. The first-order valence-electron chi connectivity index (χ1n) is 4.66. The van der Waals surface area contributed by atoms with Gasteiger partial charge in [0.25, 0.3) is 0 Å². The van der Waals surface area contributed by atoms with Gasteiger partial charge in [-0.1, -0.05) is 18.2 Å². The zero-order valence-electron chi connectivity index (χ0n) is 8.33. The van der Waals surface area contributed by atoms with Crippen molar-refractivity contribution in [3.63, 3.8) is 0 Å². The molecule has 0 radical (unpaired) electrons. The Hall–Kier alpha value is -1.42. The molecule has 0 saturated heterocycles. The van der Waals surface area contributed by atoms with Crippen molar-refractivity contribution >= 4 is 12.2 Å². The lowest BCUT2D eigenvalue weighted by molar-refractivity contribution is 0.598. The Balaban J connectivity index is 2.34. The number of rotatable bonds is 2. The zero-order chi connectivity index (χ0) is 10.8. The molecule has 0 amide bonds. The van der Waals surface area contributed by atoms with E-state index in [4.69, 9.17) is 12.2 Å². The Morgan fingerprint density at radius 3 is 2.73 bits per heavy atom. The van der Waals surface area contributed by atoms with Crippen LogP contribution in [0.1, 0.15) is 11.3 Å². The van der Waals surface area contributed by atoms with Crippen molar-refractivity contribution in [3.8, 4) is 0 Å². The van der Waals surface area contributed by atoms with Crippen LogP contribution in [0.25, 0.3) is 0 Å². The van der Waals surface area contributed by atoms with E-state index in [0.29, 0.717) is 16.9 Å². The van der Waals surface area contributed by atoms with Crippen LogP contribution in [0.4, 0.5) is 4.39 Å². The molecule has 0 saturated carbocycles. The number of hydrogen-bond acceptors (Lipinski definition) is 1. The average molecular weight is 222 g/mol. The van der Waals surface area contributed by atoms with Gasteiger partial charge in [0.2, 0.25) is 0 Å². The van der Waals surface area contributed by atoms with Crippen molar-refractivity contribution in [2.45, 2.75) is 13.5 Å². The van der Waals surface area contributed by atoms with E-state index in [2.05, 4.69) is 4.98 Å². The van der Waals surface area contributed by atoms with Gasteiger partial charge in [0.1, 0.15) is 5.82 Å². The Bertz CT molecular complexity index is 527. The number of halogens is 1. The molecule has 15 heavy (non-hydrogen) atoms. The number of nitrogens with zero attached hydrogens (tertiary/aromatic N) is 1. The molecule has 2 nitrogen and oxygen atoms in total. The van der Waals surface area contributed by atoms with Crippen LogP contribution in [0.3, 0.4) is 0 Å². The minimum atomic E-state index is -0.196. The van der Waals surface area contributed by atoms with E-state index in [1.807, 2.05) is 23.8 Å². The summed E-state index contributed by atoms with van der Waals surface area (Å²) in [4.78, 5) is 3.00. The summed E-state index contributed by atoms with van der Waals surface area (Å²) in [6, 6.07) is 6.72. The molecule has 1 aromatic carbocycles. The van der Waals surface area contributed by atoms with Crippen molar-refractivity contribution < 1.29 is 4.39 Å². The first-order chi connectivity index (χ1) is 7.16. The summed E-state index contributed by atoms with van der Waals surface area (Å²) in [7, 11) is 0. The zero-order valence-corrected chi connectivity index (χ0v) is 9.14. The van der Waals surface area contributed by atoms with Gasteiger partial charge in [0, 0.05) is 17.5 Å². The normalized spacial score (nSPS) is 10.5. The number of aryl methyl sites for hydroxylation is 1. The van der Waals surface area contributed by atoms with Crippen molar-refractivity contribution in [2.75, 3.05) is 0 Å². The number of aromatic nitrogens is 2. The van der Waals surface area contributed by atoms with Crippen LogP contribution in [0.2, 0.25) is 0 Å². The number of imidazole rings is 1. The summed E-state index contributed by atoms with van der Waals surface area (Å²) in [6.07, 6.45) is 1.88. The first-order valence-corrected chi connectivity index (χ1v) is 5.07. The maximum Gasteiger partial charge on any atom is 0.177 e. The predicted octanol–water partition coefficient (Wildman–Crippen LogP) is 3.04. The van der Waals surface area contributed by atoms with Gasteiger partial charge in [-0.15, -0.1) is 0 Å². The molecule has 2 aromatic rings. The standard InChI is InChI=1S/C11H11FN2S/c1-8-6-14(11(15)13-8)7-9-4-2-3-5-10(9)12/h2-6H,7H2,1H3,(H,13,15). The minimum absolute atomic E-state index is 0.196. The van der Waals surface area contributed by atoms with Crippen molar-refractivity contribution in [1.29, 1.82) is 0 Å². The fourth-order valence-electron chi connectivity index (χ4n) is 1.49. The molecule has 0 aliphatic rings. The Morgan fingerprint density at radius 2 is 2.13 bits per heavy atom. The number of hydrogen-bond donors (Lipinski definition) is 1. The van der Waals surface area contributed by atoms with Crippen LogP contribution < -0.4 is 0 Å². The highest BCUT2D eigenvalue weighted by Crippen LogP contribution is 2.09. The van der Waals surface area contributed by atoms with Crippen LogP contribution in [0.5, 0.6) is 0 Å². The molecule has 0 atom stereocenters. The summed E-state index contributed by atoms with van der Waals surface area (Å²) in [5, 5.41) is 0. The third kappa shape index (κ3) is 2.15. The Labute approximate surface area is 92.4 Å². The molecule has 2 rings (SSSR count). The van der Waals surface area contributed by atoms with Gasteiger partial charge in [0.15, 0.2) is 4.77 Å². The third-order valence-electron chi connectivity index (χ3n) is 2.21. The van der Waals surface area contributed by atoms with Gasteiger partial charge in [-0.3, -0.25) is 0 Å². The SMILES string of the molecule is Cc1cn(Cc2ccccc2F)c(=S)[nH]1. The van der Waals surface area contributed by atoms with E-state index < -0.39 is 0 Å². The first kappa shape index (κ1) is 10.1. The van der Waals surface area contributed by atoms with E-state index in [1.165, 1.54) is 6.07 Å². The topological polar surface area (TPSA) is 20.7 Å². The van der Waals surface area contributed by atoms with Crippen molar-refractivity contribution in [1.82, 2.24) is 9.55 Å². The number of H-pyrrole nitrogens is 1. The molecule has 0 spiro atoms. The lowest BCUT2D eigenvalue weighted by Crippen LogP contribution is -2.00. The quantitative estimate of drug-likeness (QED) is 0.774. The lowest BCUT2D eigenvalue weighted by atomic mass is 10.2. The van der Waals surface area contributed by atoms with Crippen LogP contribution in [0.15, 0.2) is 30.5 Å². The number of nitrogens with one attached hydrogen (secondary N) is 1. The molecule has 1 heterocycles. The van der Waals surface area contributed by atoms with E-state index in [0.717, 1.165) is 5.69 Å². The van der Waals surface area contributed by atoms with Gasteiger partial charge in [-0.25, -0.2) is 4.39 Å². The second-order valence-electron chi connectivity index (χ2n) is 3.46. The van der Waals surface area contributed by atoms with Gasteiger partial charge in [0.05, 0.1) is 6.54 Å². The van der Waals surface area contributed by atoms with Crippen LogP contribution in [-0.2, 0) is 6.54 Å². The largest absolute Gasteiger partial charge is 0.335 e. The smallest absolute Gasteiger partial charge is 0.177 e. The van der Waals surface area contributed by atoms with Crippen molar-refractivity contribution in [2.24, 2.45) is 0 Å². The fourth-order valence-corrected chi connectivity index (χ4v) is 1.77. The Kier molecular flexibility index (Phi) is 2.68. The van der Waals surface area contributed by atoms with Crippen LogP contribution in [-0.4, -0.2) is 9.55 Å². The molecule has 0 aliphatic heterocycles. The van der Waals surface area contributed by atoms with Gasteiger partial charge in [-0.05, 0) is 25.2 Å². The molecule has 4 heteroatoms. The van der Waals surface area contributed by atoms with E-state index in [1.54, 1.807) is 12.1 Å². The van der Waals surface area contributed by atoms with Crippen molar-refractivity contribution in [3.05, 3.63) is 52.3 Å². The Morgan fingerprint density at radius 1 is 1.40 bits per heavy atom. The van der Waals surface area contributed by atoms with Gasteiger partial charge in [-0.2, -0.15) is 0 Å². The van der Waals surface area contributed by atoms with Crippen LogP contribution >= 0.6 is 12.2 Å². The highest BCUT2D eigenvalue weighted by Gasteiger charge is 2.02. The molecule has 0 fully saturated rings. The van der Waals surface area contributed by atoms with E-state index in [9.17, 15) is 4.39 Å². The highest BCUT2D eigenvalue weighted by molar-refractivity contribution is 7.71. The predicted molar refractivity (Wildman–Crippen MR) is 59.9 cm³/mol. The van der Waals surface area contributed by atoms with Crippen LogP contribution in [0, 0.1) is 17.5 Å². The molecular weight excluding hydrogens is 211 g/mol. The van der Waals surface area contributed by atoms with Gasteiger partial charge < -0.3 is 9.55 Å². The molecular formula is C11H11FN2S. The monoisotopic (exact) mass is 222 g/mol. The molecule has 78 valence electrons.